The first-order valence-corrected chi connectivity index (χ1v) is 7.88. The highest BCUT2D eigenvalue weighted by molar-refractivity contribution is 6.04. The smallest absolute Gasteiger partial charge is 0.257 e. The first kappa shape index (κ1) is 14.7. The Hall–Kier alpha value is -2.89. The number of nitrogens with zero attached hydrogens (tertiary/aromatic N) is 2. The number of carbonyl (C=O) groups excluding carboxylic acids is 1. The quantitative estimate of drug-likeness (QED) is 0.796. The van der Waals surface area contributed by atoms with Crippen LogP contribution >= 0.6 is 0 Å². The summed E-state index contributed by atoms with van der Waals surface area (Å²) in [6, 6.07) is 7.99. The van der Waals surface area contributed by atoms with Crippen molar-refractivity contribution in [2.75, 3.05) is 5.32 Å². The van der Waals surface area contributed by atoms with Crippen LogP contribution in [0.4, 0.5) is 10.1 Å². The minimum absolute atomic E-state index is 0.113. The van der Waals surface area contributed by atoms with Crippen LogP contribution in [0.5, 0.6) is 5.75 Å². The fourth-order valence-corrected chi connectivity index (χ4v) is 2.60. The van der Waals surface area contributed by atoms with Crippen molar-refractivity contribution >= 4 is 17.1 Å². The number of hydrogen-bond acceptors (Lipinski definition) is 3. The predicted molar refractivity (Wildman–Crippen MR) is 87.8 cm³/mol. The van der Waals surface area contributed by atoms with E-state index in [1.165, 1.54) is 6.07 Å². The number of carbonyl (C=O) groups is 1. The van der Waals surface area contributed by atoms with Crippen molar-refractivity contribution in [2.24, 2.45) is 0 Å². The Morgan fingerprint density at radius 3 is 2.92 bits per heavy atom. The molecule has 0 unspecified atom stereocenters. The maximum atomic E-state index is 14.1. The van der Waals surface area contributed by atoms with Gasteiger partial charge in [-0.25, -0.2) is 9.37 Å². The molecule has 5 nitrogen and oxygen atoms in total. The van der Waals surface area contributed by atoms with Gasteiger partial charge in [0.15, 0.2) is 11.6 Å². The summed E-state index contributed by atoms with van der Waals surface area (Å²) >= 11 is 0. The van der Waals surface area contributed by atoms with E-state index in [-0.39, 0.29) is 17.8 Å². The second-order valence-corrected chi connectivity index (χ2v) is 5.91. The lowest BCUT2D eigenvalue weighted by atomic mass is 9.96. The van der Waals surface area contributed by atoms with E-state index in [9.17, 15) is 9.18 Å². The van der Waals surface area contributed by atoms with E-state index in [0.29, 0.717) is 11.3 Å². The van der Waals surface area contributed by atoms with Gasteiger partial charge in [-0.1, -0.05) is 0 Å². The van der Waals surface area contributed by atoms with Gasteiger partial charge in [0.1, 0.15) is 0 Å². The normalized spacial score (nSPS) is 14.4. The SMILES string of the molecule is O=C(Nc1ccc(OC2CCC2)c(F)c1)c1ccc2cncn2c1. The summed E-state index contributed by atoms with van der Waals surface area (Å²) in [5.74, 6) is -0.542. The summed E-state index contributed by atoms with van der Waals surface area (Å²) in [7, 11) is 0. The molecule has 1 saturated carbocycles. The van der Waals surface area contributed by atoms with Gasteiger partial charge in [-0.15, -0.1) is 0 Å². The number of fused-ring (bicyclic) bond motifs is 1. The van der Waals surface area contributed by atoms with Gasteiger partial charge in [-0.2, -0.15) is 0 Å². The molecule has 24 heavy (non-hydrogen) atoms. The Labute approximate surface area is 138 Å². The highest BCUT2D eigenvalue weighted by Gasteiger charge is 2.20. The third kappa shape index (κ3) is 2.82. The summed E-state index contributed by atoms with van der Waals surface area (Å²) in [6.07, 6.45) is 8.19. The van der Waals surface area contributed by atoms with Gasteiger partial charge in [-0.3, -0.25) is 4.79 Å². The molecule has 6 heteroatoms. The maximum absolute atomic E-state index is 14.1. The molecule has 4 rings (SSSR count). The molecular formula is C18H16FN3O2. The summed E-state index contributed by atoms with van der Waals surface area (Å²) in [5, 5.41) is 2.70. The molecule has 0 radical (unpaired) electrons. The molecule has 122 valence electrons. The highest BCUT2D eigenvalue weighted by atomic mass is 19.1. The van der Waals surface area contributed by atoms with Crippen molar-refractivity contribution in [3.8, 4) is 5.75 Å². The molecule has 1 fully saturated rings. The minimum Gasteiger partial charge on any atom is -0.487 e. The van der Waals surface area contributed by atoms with Crippen LogP contribution in [0.15, 0.2) is 49.1 Å². The molecule has 1 aliphatic carbocycles. The topological polar surface area (TPSA) is 55.6 Å². The molecule has 1 amide bonds. The molecule has 1 N–H and O–H groups in total. The number of anilines is 1. The Kier molecular flexibility index (Phi) is 3.65. The molecule has 1 aliphatic rings. The molecule has 0 bridgehead atoms. The third-order valence-electron chi connectivity index (χ3n) is 4.21. The van der Waals surface area contributed by atoms with Crippen molar-refractivity contribution in [3.63, 3.8) is 0 Å². The molecule has 0 aliphatic heterocycles. The molecular weight excluding hydrogens is 309 g/mol. The molecule has 0 atom stereocenters. The van der Waals surface area contributed by atoms with Gasteiger partial charge in [0.2, 0.25) is 0 Å². The van der Waals surface area contributed by atoms with Crippen molar-refractivity contribution in [2.45, 2.75) is 25.4 Å². The van der Waals surface area contributed by atoms with E-state index in [1.807, 2.05) is 0 Å². The summed E-state index contributed by atoms with van der Waals surface area (Å²) in [4.78, 5) is 16.3. The highest BCUT2D eigenvalue weighted by Crippen LogP contribution is 2.28. The van der Waals surface area contributed by atoms with E-state index in [2.05, 4.69) is 10.3 Å². The second-order valence-electron chi connectivity index (χ2n) is 5.91. The number of rotatable bonds is 4. The van der Waals surface area contributed by atoms with E-state index in [0.717, 1.165) is 24.8 Å². The molecule has 3 aromatic rings. The first-order chi connectivity index (χ1) is 11.7. The van der Waals surface area contributed by atoms with Gasteiger partial charge < -0.3 is 14.5 Å². The average Bonchev–Trinajstić information content (AvgIpc) is 3.00. The number of aromatic nitrogens is 2. The zero-order valence-corrected chi connectivity index (χ0v) is 12.9. The average molecular weight is 325 g/mol. The monoisotopic (exact) mass is 325 g/mol. The summed E-state index contributed by atoms with van der Waals surface area (Å²) in [5.41, 5.74) is 1.76. The van der Waals surface area contributed by atoms with Crippen LogP contribution in [0.25, 0.3) is 5.52 Å². The lowest BCUT2D eigenvalue weighted by Gasteiger charge is -2.26. The van der Waals surface area contributed by atoms with Gasteiger partial charge in [0, 0.05) is 18.0 Å². The van der Waals surface area contributed by atoms with Gasteiger partial charge >= 0.3 is 0 Å². The van der Waals surface area contributed by atoms with Crippen molar-refractivity contribution in [1.29, 1.82) is 0 Å². The van der Waals surface area contributed by atoms with Crippen LogP contribution in [-0.2, 0) is 0 Å². The Balaban J connectivity index is 1.49. The predicted octanol–water partition coefficient (Wildman–Crippen LogP) is 3.66. The summed E-state index contributed by atoms with van der Waals surface area (Å²) < 4.78 is 21.4. The van der Waals surface area contributed by atoms with Crippen molar-refractivity contribution < 1.29 is 13.9 Å². The fraction of sp³-hybridized carbons (Fsp3) is 0.222. The molecule has 1 aromatic carbocycles. The van der Waals surface area contributed by atoms with Crippen LogP contribution in [0.3, 0.4) is 0 Å². The molecule has 0 spiro atoms. The number of nitrogens with one attached hydrogen (secondary N) is 1. The van der Waals surface area contributed by atoms with Crippen molar-refractivity contribution in [1.82, 2.24) is 9.38 Å². The summed E-state index contributed by atoms with van der Waals surface area (Å²) in [6.45, 7) is 0. The van der Waals surface area contributed by atoms with Crippen LogP contribution in [0.2, 0.25) is 0 Å². The van der Waals surface area contributed by atoms with Crippen LogP contribution in [0.1, 0.15) is 29.6 Å². The minimum atomic E-state index is -0.468. The molecule has 2 heterocycles. The third-order valence-corrected chi connectivity index (χ3v) is 4.21. The molecule has 0 saturated heterocycles. The number of hydrogen-bond donors (Lipinski definition) is 1. The van der Waals surface area contributed by atoms with Crippen LogP contribution in [0, 0.1) is 5.82 Å². The lowest BCUT2D eigenvalue weighted by molar-refractivity contribution is 0.102. The molecule has 2 aromatic heterocycles. The van der Waals surface area contributed by atoms with Crippen molar-refractivity contribution in [3.05, 3.63) is 60.4 Å². The number of pyridine rings is 1. The maximum Gasteiger partial charge on any atom is 0.257 e. The van der Waals surface area contributed by atoms with E-state index in [4.69, 9.17) is 4.74 Å². The van der Waals surface area contributed by atoms with E-state index < -0.39 is 5.82 Å². The second kappa shape index (κ2) is 5.96. The van der Waals surface area contributed by atoms with Gasteiger partial charge in [-0.05, 0) is 43.5 Å². The zero-order valence-electron chi connectivity index (χ0n) is 12.9. The van der Waals surface area contributed by atoms with E-state index in [1.54, 1.807) is 47.4 Å². The number of amides is 1. The number of ether oxygens (including phenoxy) is 1. The zero-order chi connectivity index (χ0) is 16.5. The largest absolute Gasteiger partial charge is 0.487 e. The Morgan fingerprint density at radius 1 is 1.29 bits per heavy atom. The number of benzene rings is 1. The Morgan fingerprint density at radius 2 is 2.17 bits per heavy atom. The van der Waals surface area contributed by atoms with Gasteiger partial charge in [0.05, 0.1) is 29.7 Å². The first-order valence-electron chi connectivity index (χ1n) is 7.88. The lowest BCUT2D eigenvalue weighted by Crippen LogP contribution is -2.25. The fourth-order valence-electron chi connectivity index (χ4n) is 2.60. The van der Waals surface area contributed by atoms with Gasteiger partial charge in [0.25, 0.3) is 5.91 Å². The Bertz CT molecular complexity index is 902. The number of imidazole rings is 1. The number of halogens is 1. The standard InChI is InChI=1S/C18H16FN3O2/c19-16-8-13(5-7-17(16)24-15-2-1-3-15)21-18(23)12-4-6-14-9-20-11-22(14)10-12/h4-11,15H,1-3H2,(H,21,23). The van der Waals surface area contributed by atoms with Crippen LogP contribution < -0.4 is 10.1 Å². The van der Waals surface area contributed by atoms with E-state index >= 15 is 0 Å². The van der Waals surface area contributed by atoms with Crippen LogP contribution in [-0.4, -0.2) is 21.4 Å².